The first-order valence-corrected chi connectivity index (χ1v) is 6.60. The highest BCUT2D eigenvalue weighted by Crippen LogP contribution is 2.41. The Bertz CT molecular complexity index is 538. The van der Waals surface area contributed by atoms with Crippen LogP contribution in [0, 0.1) is 0 Å². The fourth-order valence-corrected chi connectivity index (χ4v) is 3.29. The van der Waals surface area contributed by atoms with Crippen LogP contribution in [0.4, 0.5) is 0 Å². The van der Waals surface area contributed by atoms with Crippen LogP contribution in [0.25, 0.3) is 10.9 Å². The van der Waals surface area contributed by atoms with Gasteiger partial charge in [0.25, 0.3) is 0 Å². The molecule has 1 saturated carbocycles. The van der Waals surface area contributed by atoms with E-state index in [1.165, 1.54) is 31.2 Å². The van der Waals surface area contributed by atoms with Crippen molar-refractivity contribution in [3.8, 4) is 0 Å². The Balaban J connectivity index is 2.13. The lowest BCUT2D eigenvalue weighted by Crippen LogP contribution is -2.31. The van der Waals surface area contributed by atoms with E-state index in [-0.39, 0.29) is 5.41 Å². The Morgan fingerprint density at radius 2 is 2.06 bits per heavy atom. The molecule has 0 aliphatic heterocycles. The highest BCUT2D eigenvalue weighted by Gasteiger charge is 2.34. The molecule has 3 rings (SSSR count). The Labute approximate surface area is 106 Å². The van der Waals surface area contributed by atoms with Gasteiger partial charge in [0.1, 0.15) is 0 Å². The third kappa shape index (κ3) is 1.67. The molecule has 3 N–H and O–H groups in total. The van der Waals surface area contributed by atoms with Crippen LogP contribution in [0.1, 0.15) is 31.2 Å². The predicted octanol–water partition coefficient (Wildman–Crippen LogP) is 3.59. The number of nitrogens with two attached hydrogens (primary N) is 1. The number of aromatic nitrogens is 1. The molecule has 2 nitrogen and oxygen atoms in total. The molecule has 3 heteroatoms. The molecule has 1 heterocycles. The number of rotatable bonds is 2. The molecule has 0 bridgehead atoms. The zero-order valence-corrected chi connectivity index (χ0v) is 10.6. The quantitative estimate of drug-likeness (QED) is 0.838. The van der Waals surface area contributed by atoms with Gasteiger partial charge in [0, 0.05) is 29.1 Å². The van der Waals surface area contributed by atoms with E-state index in [1.807, 2.05) is 6.20 Å². The van der Waals surface area contributed by atoms with Gasteiger partial charge in [-0.15, -0.1) is 0 Å². The monoisotopic (exact) mass is 248 g/mol. The molecule has 1 aliphatic carbocycles. The Kier molecular flexibility index (Phi) is 2.64. The van der Waals surface area contributed by atoms with Crippen LogP contribution in [-0.2, 0) is 5.41 Å². The average molecular weight is 249 g/mol. The second-order valence-corrected chi connectivity index (χ2v) is 5.50. The van der Waals surface area contributed by atoms with Gasteiger partial charge in [-0.1, -0.05) is 30.5 Å². The van der Waals surface area contributed by atoms with Crippen molar-refractivity contribution >= 4 is 22.5 Å². The van der Waals surface area contributed by atoms with Gasteiger partial charge in [-0.25, -0.2) is 0 Å². The third-order valence-corrected chi connectivity index (χ3v) is 4.51. The highest BCUT2D eigenvalue weighted by molar-refractivity contribution is 6.35. The van der Waals surface area contributed by atoms with Crippen molar-refractivity contribution < 1.29 is 0 Å². The zero-order valence-electron chi connectivity index (χ0n) is 9.80. The van der Waals surface area contributed by atoms with E-state index in [0.717, 1.165) is 22.5 Å². The minimum Gasteiger partial charge on any atom is -0.360 e. The number of fused-ring (bicyclic) bond motifs is 1. The number of H-pyrrole nitrogens is 1. The van der Waals surface area contributed by atoms with Crippen molar-refractivity contribution in [1.29, 1.82) is 0 Å². The first kappa shape index (κ1) is 11.1. The van der Waals surface area contributed by atoms with E-state index in [0.29, 0.717) is 0 Å². The lowest BCUT2D eigenvalue weighted by molar-refractivity contribution is 0.453. The van der Waals surface area contributed by atoms with Crippen LogP contribution in [0.5, 0.6) is 0 Å². The van der Waals surface area contributed by atoms with E-state index in [9.17, 15) is 0 Å². The molecular formula is C14H17ClN2. The zero-order chi connectivity index (χ0) is 11.9. The summed E-state index contributed by atoms with van der Waals surface area (Å²) in [5, 5.41) is 1.91. The fraction of sp³-hybridized carbons (Fsp3) is 0.429. The van der Waals surface area contributed by atoms with Crippen molar-refractivity contribution in [3.63, 3.8) is 0 Å². The molecule has 0 atom stereocenters. The summed E-state index contributed by atoms with van der Waals surface area (Å²) in [5.41, 5.74) is 8.66. The SMILES string of the molecule is NCC1(c2ccc3[nH]cc(Cl)c3c2)CCCC1. The molecule has 90 valence electrons. The number of halogens is 1. The Hall–Kier alpha value is -0.990. The molecule has 1 fully saturated rings. The largest absolute Gasteiger partial charge is 0.360 e. The first-order chi connectivity index (χ1) is 8.25. The van der Waals surface area contributed by atoms with Crippen molar-refractivity contribution in [2.75, 3.05) is 6.54 Å². The maximum atomic E-state index is 6.18. The highest BCUT2D eigenvalue weighted by atomic mass is 35.5. The average Bonchev–Trinajstić information content (AvgIpc) is 2.97. The predicted molar refractivity (Wildman–Crippen MR) is 72.5 cm³/mol. The van der Waals surface area contributed by atoms with Gasteiger partial charge in [0.15, 0.2) is 0 Å². The van der Waals surface area contributed by atoms with Crippen molar-refractivity contribution in [2.45, 2.75) is 31.1 Å². The number of nitrogens with one attached hydrogen (secondary N) is 1. The summed E-state index contributed by atoms with van der Waals surface area (Å²) in [6.07, 6.45) is 6.83. The summed E-state index contributed by atoms with van der Waals surface area (Å²) in [6.45, 7) is 0.737. The van der Waals surface area contributed by atoms with Crippen molar-refractivity contribution in [3.05, 3.63) is 35.0 Å². The molecule has 1 aromatic carbocycles. The topological polar surface area (TPSA) is 41.8 Å². The second kappa shape index (κ2) is 4.04. The van der Waals surface area contributed by atoms with Gasteiger partial charge >= 0.3 is 0 Å². The number of aromatic amines is 1. The fourth-order valence-electron chi connectivity index (χ4n) is 3.08. The van der Waals surface area contributed by atoms with E-state index in [2.05, 4.69) is 23.2 Å². The van der Waals surface area contributed by atoms with Gasteiger partial charge in [0.05, 0.1) is 5.02 Å². The normalized spacial score (nSPS) is 18.9. The van der Waals surface area contributed by atoms with E-state index in [1.54, 1.807) is 0 Å². The summed E-state index contributed by atoms with van der Waals surface area (Å²) in [4.78, 5) is 3.17. The molecule has 0 radical (unpaired) electrons. The van der Waals surface area contributed by atoms with Crippen LogP contribution in [-0.4, -0.2) is 11.5 Å². The standard InChI is InChI=1S/C14H17ClN2/c15-12-8-17-13-4-3-10(7-11(12)13)14(9-16)5-1-2-6-14/h3-4,7-8,17H,1-2,5-6,9,16H2. The van der Waals surface area contributed by atoms with Crippen LogP contribution in [0.2, 0.25) is 5.02 Å². The third-order valence-electron chi connectivity index (χ3n) is 4.20. The summed E-state index contributed by atoms with van der Waals surface area (Å²) in [7, 11) is 0. The minimum atomic E-state index is 0.189. The molecule has 2 aromatic rings. The molecule has 0 saturated heterocycles. The summed E-state index contributed by atoms with van der Waals surface area (Å²) in [5.74, 6) is 0. The van der Waals surface area contributed by atoms with Gasteiger partial charge in [0.2, 0.25) is 0 Å². The molecule has 0 spiro atoms. The number of hydrogen-bond acceptors (Lipinski definition) is 1. The van der Waals surface area contributed by atoms with Gasteiger partial charge in [-0.2, -0.15) is 0 Å². The molecule has 17 heavy (non-hydrogen) atoms. The lowest BCUT2D eigenvalue weighted by Gasteiger charge is -2.28. The Morgan fingerprint density at radius 1 is 1.29 bits per heavy atom. The number of benzene rings is 1. The summed E-state index contributed by atoms with van der Waals surface area (Å²) < 4.78 is 0. The van der Waals surface area contributed by atoms with Gasteiger partial charge in [-0.3, -0.25) is 0 Å². The minimum absolute atomic E-state index is 0.189. The molecule has 0 amide bonds. The van der Waals surface area contributed by atoms with Crippen molar-refractivity contribution in [1.82, 2.24) is 4.98 Å². The molecule has 0 unspecified atom stereocenters. The van der Waals surface area contributed by atoms with E-state index < -0.39 is 0 Å². The van der Waals surface area contributed by atoms with Crippen LogP contribution < -0.4 is 5.73 Å². The molecule has 1 aromatic heterocycles. The van der Waals surface area contributed by atoms with Crippen LogP contribution >= 0.6 is 11.6 Å². The molecular weight excluding hydrogens is 232 g/mol. The van der Waals surface area contributed by atoms with Crippen LogP contribution in [0.15, 0.2) is 24.4 Å². The van der Waals surface area contributed by atoms with E-state index >= 15 is 0 Å². The van der Waals surface area contributed by atoms with Crippen LogP contribution in [0.3, 0.4) is 0 Å². The van der Waals surface area contributed by atoms with E-state index in [4.69, 9.17) is 17.3 Å². The lowest BCUT2D eigenvalue weighted by atomic mass is 9.79. The maximum absolute atomic E-state index is 6.18. The van der Waals surface area contributed by atoms with Gasteiger partial charge < -0.3 is 10.7 Å². The smallest absolute Gasteiger partial charge is 0.0659 e. The second-order valence-electron chi connectivity index (χ2n) is 5.09. The molecule has 1 aliphatic rings. The van der Waals surface area contributed by atoms with Crippen molar-refractivity contribution in [2.24, 2.45) is 5.73 Å². The number of hydrogen-bond donors (Lipinski definition) is 2. The summed E-state index contributed by atoms with van der Waals surface area (Å²) >= 11 is 6.18. The Morgan fingerprint density at radius 3 is 2.76 bits per heavy atom. The van der Waals surface area contributed by atoms with Gasteiger partial charge in [-0.05, 0) is 30.5 Å². The first-order valence-electron chi connectivity index (χ1n) is 6.22. The summed E-state index contributed by atoms with van der Waals surface area (Å²) in [6, 6.07) is 6.53. The maximum Gasteiger partial charge on any atom is 0.0659 e.